The number of allylic oxidation sites excluding steroid dienone is 1. The van der Waals surface area contributed by atoms with Crippen molar-refractivity contribution >= 4 is 17.8 Å². The summed E-state index contributed by atoms with van der Waals surface area (Å²) in [5.74, 6) is 0. The number of carbonyl (C=O) groups excluding carboxylic acids is 1. The van der Waals surface area contributed by atoms with Crippen LogP contribution in [0.4, 0.5) is 5.69 Å². The number of hydrogen-bond acceptors (Lipinski definition) is 3. The fraction of sp³-hybridized carbons (Fsp3) is 0.167. The van der Waals surface area contributed by atoms with E-state index < -0.39 is 0 Å². The fourth-order valence-electron chi connectivity index (χ4n) is 1.44. The predicted octanol–water partition coefficient (Wildman–Crippen LogP) is 2.81. The summed E-state index contributed by atoms with van der Waals surface area (Å²) >= 11 is 0. The van der Waals surface area contributed by atoms with Gasteiger partial charge in [0.2, 0.25) is 6.08 Å². The molecule has 1 aromatic carbocycles. The number of aryl methyl sites for hydroxylation is 2. The number of hydrogen-bond donors (Lipinski definition) is 0. The van der Waals surface area contributed by atoms with Crippen LogP contribution in [0.5, 0.6) is 0 Å². The molecule has 0 heterocycles. The molecule has 0 spiro atoms. The fourth-order valence-corrected chi connectivity index (χ4v) is 1.44. The number of benzene rings is 1. The van der Waals surface area contributed by atoms with Gasteiger partial charge in [0, 0.05) is 6.08 Å². The van der Waals surface area contributed by atoms with Crippen molar-refractivity contribution in [1.29, 1.82) is 5.26 Å². The molecular weight excluding hydrogens is 188 g/mol. The van der Waals surface area contributed by atoms with Crippen LogP contribution in [0.1, 0.15) is 16.7 Å². The van der Waals surface area contributed by atoms with Crippen LogP contribution < -0.4 is 0 Å². The van der Waals surface area contributed by atoms with Crippen LogP contribution >= 0.6 is 0 Å². The second kappa shape index (κ2) is 4.90. The van der Waals surface area contributed by atoms with Crippen LogP contribution in [0.15, 0.2) is 23.2 Å². The second-order valence-corrected chi connectivity index (χ2v) is 3.17. The van der Waals surface area contributed by atoms with Crippen LogP contribution in [-0.4, -0.2) is 6.08 Å². The maximum Gasteiger partial charge on any atom is 0.240 e. The van der Waals surface area contributed by atoms with E-state index in [1.54, 1.807) is 6.08 Å². The summed E-state index contributed by atoms with van der Waals surface area (Å²) in [6.07, 6.45) is 4.66. The molecule has 3 heteroatoms. The predicted molar refractivity (Wildman–Crippen MR) is 58.3 cm³/mol. The van der Waals surface area contributed by atoms with E-state index >= 15 is 0 Å². The van der Waals surface area contributed by atoms with Gasteiger partial charge in [-0.25, -0.2) is 4.79 Å². The van der Waals surface area contributed by atoms with Gasteiger partial charge >= 0.3 is 0 Å². The molecule has 0 aliphatic rings. The van der Waals surface area contributed by atoms with Gasteiger partial charge in [-0.15, -0.1) is 0 Å². The van der Waals surface area contributed by atoms with Crippen molar-refractivity contribution in [3.8, 4) is 6.07 Å². The molecule has 0 aromatic heterocycles. The first kappa shape index (κ1) is 10.9. The summed E-state index contributed by atoms with van der Waals surface area (Å²) in [5, 5.41) is 8.40. The molecule has 0 atom stereocenters. The first-order valence-corrected chi connectivity index (χ1v) is 4.44. The van der Waals surface area contributed by atoms with Crippen molar-refractivity contribution < 1.29 is 4.79 Å². The molecule has 0 aliphatic carbocycles. The smallest absolute Gasteiger partial charge is 0.211 e. The molecule has 0 N–H and O–H groups in total. The number of nitriles is 1. The minimum Gasteiger partial charge on any atom is -0.211 e. The van der Waals surface area contributed by atoms with Gasteiger partial charge in [-0.3, -0.25) is 0 Å². The van der Waals surface area contributed by atoms with Gasteiger partial charge in [-0.05, 0) is 48.7 Å². The lowest BCUT2D eigenvalue weighted by Crippen LogP contribution is -1.83. The van der Waals surface area contributed by atoms with Gasteiger partial charge in [0.25, 0.3) is 0 Å². The SMILES string of the molecule is Cc1cc(C=CC#N)cc(C)c1N=C=O. The normalized spacial score (nSPS) is 9.67. The summed E-state index contributed by atoms with van der Waals surface area (Å²) in [4.78, 5) is 13.8. The number of aliphatic imine (C=N–C) groups is 1. The van der Waals surface area contributed by atoms with Crippen molar-refractivity contribution in [2.24, 2.45) is 4.99 Å². The molecular formula is C12H10N2O. The largest absolute Gasteiger partial charge is 0.240 e. The molecule has 15 heavy (non-hydrogen) atoms. The topological polar surface area (TPSA) is 53.2 Å². The van der Waals surface area contributed by atoms with Gasteiger partial charge in [0.15, 0.2) is 0 Å². The summed E-state index contributed by atoms with van der Waals surface area (Å²) in [6, 6.07) is 5.67. The Morgan fingerprint density at radius 3 is 2.40 bits per heavy atom. The molecule has 0 radical (unpaired) electrons. The Morgan fingerprint density at radius 1 is 1.33 bits per heavy atom. The summed E-state index contributed by atoms with van der Waals surface area (Å²) in [6.45, 7) is 3.74. The van der Waals surface area contributed by atoms with E-state index in [-0.39, 0.29) is 0 Å². The Kier molecular flexibility index (Phi) is 3.56. The van der Waals surface area contributed by atoms with Crippen LogP contribution in [0.3, 0.4) is 0 Å². The molecule has 0 aliphatic heterocycles. The molecule has 74 valence electrons. The zero-order chi connectivity index (χ0) is 11.3. The molecule has 0 saturated heterocycles. The molecule has 0 saturated carbocycles. The number of nitrogens with zero attached hydrogens (tertiary/aromatic N) is 2. The minimum absolute atomic E-state index is 0.652. The molecule has 1 rings (SSSR count). The van der Waals surface area contributed by atoms with E-state index in [1.165, 1.54) is 12.2 Å². The first-order chi connectivity index (χ1) is 7.19. The molecule has 0 amide bonds. The highest BCUT2D eigenvalue weighted by Crippen LogP contribution is 2.25. The molecule has 1 aromatic rings. The van der Waals surface area contributed by atoms with Crippen LogP contribution in [0.25, 0.3) is 6.08 Å². The average molecular weight is 198 g/mol. The van der Waals surface area contributed by atoms with E-state index in [9.17, 15) is 4.79 Å². The first-order valence-electron chi connectivity index (χ1n) is 4.44. The van der Waals surface area contributed by atoms with Crippen molar-refractivity contribution in [2.45, 2.75) is 13.8 Å². The van der Waals surface area contributed by atoms with Crippen molar-refractivity contribution in [2.75, 3.05) is 0 Å². The Balaban J connectivity index is 3.26. The van der Waals surface area contributed by atoms with Gasteiger partial charge in [0.05, 0.1) is 11.8 Å². The third-order valence-electron chi connectivity index (χ3n) is 2.02. The average Bonchev–Trinajstić information content (AvgIpc) is 2.20. The molecule has 0 unspecified atom stereocenters. The highest BCUT2D eigenvalue weighted by atomic mass is 16.1. The maximum atomic E-state index is 10.2. The van der Waals surface area contributed by atoms with E-state index in [0.29, 0.717) is 5.69 Å². The summed E-state index contributed by atoms with van der Waals surface area (Å²) in [7, 11) is 0. The van der Waals surface area contributed by atoms with Gasteiger partial charge < -0.3 is 0 Å². The van der Waals surface area contributed by atoms with Gasteiger partial charge in [0.1, 0.15) is 0 Å². The number of isocyanates is 1. The summed E-state index contributed by atoms with van der Waals surface area (Å²) in [5.41, 5.74) is 3.38. The van der Waals surface area contributed by atoms with Crippen molar-refractivity contribution in [1.82, 2.24) is 0 Å². The molecule has 3 nitrogen and oxygen atoms in total. The highest BCUT2D eigenvalue weighted by molar-refractivity contribution is 5.64. The Hall–Kier alpha value is -2.17. The zero-order valence-corrected chi connectivity index (χ0v) is 8.61. The third-order valence-corrected chi connectivity index (χ3v) is 2.02. The van der Waals surface area contributed by atoms with Crippen LogP contribution in [0.2, 0.25) is 0 Å². The highest BCUT2D eigenvalue weighted by Gasteiger charge is 2.02. The lowest BCUT2D eigenvalue weighted by atomic mass is 10.0. The standard InChI is InChI=1S/C12H10N2O/c1-9-6-11(4-3-5-13)7-10(2)12(9)14-8-15/h3-4,6-7H,1-2H3. The maximum absolute atomic E-state index is 10.2. The van der Waals surface area contributed by atoms with Crippen molar-refractivity contribution in [3.05, 3.63) is 34.9 Å². The third kappa shape index (κ3) is 2.63. The zero-order valence-electron chi connectivity index (χ0n) is 8.61. The van der Waals surface area contributed by atoms with Gasteiger partial charge in [-0.2, -0.15) is 10.3 Å². The van der Waals surface area contributed by atoms with E-state index in [0.717, 1.165) is 16.7 Å². The quantitative estimate of drug-likeness (QED) is 0.417. The minimum atomic E-state index is 0.652. The Labute approximate surface area is 88.4 Å². The number of rotatable bonds is 2. The van der Waals surface area contributed by atoms with Gasteiger partial charge in [-0.1, -0.05) is 0 Å². The Morgan fingerprint density at radius 2 is 1.93 bits per heavy atom. The van der Waals surface area contributed by atoms with E-state index in [2.05, 4.69) is 4.99 Å². The van der Waals surface area contributed by atoms with Crippen molar-refractivity contribution in [3.63, 3.8) is 0 Å². The Bertz CT molecular complexity index is 466. The van der Waals surface area contributed by atoms with E-state index in [1.807, 2.05) is 32.0 Å². The summed E-state index contributed by atoms with van der Waals surface area (Å²) < 4.78 is 0. The molecule has 0 fully saturated rings. The second-order valence-electron chi connectivity index (χ2n) is 3.17. The van der Waals surface area contributed by atoms with Crippen LogP contribution in [0, 0.1) is 25.2 Å². The lowest BCUT2D eigenvalue weighted by Gasteiger charge is -2.04. The van der Waals surface area contributed by atoms with E-state index in [4.69, 9.17) is 5.26 Å². The molecule has 0 bridgehead atoms. The monoisotopic (exact) mass is 198 g/mol. The lowest BCUT2D eigenvalue weighted by molar-refractivity contribution is 0.565. The van der Waals surface area contributed by atoms with Crippen LogP contribution in [-0.2, 0) is 4.79 Å².